The number of carbonyl (C=O) groups excluding carboxylic acids is 1. The van der Waals surface area contributed by atoms with Crippen molar-refractivity contribution in [3.63, 3.8) is 0 Å². The number of hydrogen-bond acceptors (Lipinski definition) is 4. The molecule has 0 radical (unpaired) electrons. The molecule has 1 aliphatic rings. The van der Waals surface area contributed by atoms with Crippen LogP contribution in [0.25, 0.3) is 0 Å². The molecule has 0 aliphatic carbocycles. The average molecular weight is 272 g/mol. The minimum atomic E-state index is -0.457. The van der Waals surface area contributed by atoms with Crippen molar-refractivity contribution in [2.24, 2.45) is 0 Å². The summed E-state index contributed by atoms with van der Waals surface area (Å²) in [7, 11) is 1.76. The Morgan fingerprint density at radius 3 is 2.50 bits per heavy atom. The lowest BCUT2D eigenvalue weighted by Gasteiger charge is -2.52. The summed E-state index contributed by atoms with van der Waals surface area (Å²) in [4.78, 5) is 12.0. The molecule has 0 bridgehead atoms. The van der Waals surface area contributed by atoms with E-state index < -0.39 is 5.60 Å². The number of rotatable bonds is 3. The van der Waals surface area contributed by atoms with Crippen molar-refractivity contribution in [1.29, 1.82) is 0 Å². The molecule has 1 aliphatic heterocycles. The van der Waals surface area contributed by atoms with Gasteiger partial charge in [0, 0.05) is 13.6 Å². The van der Waals surface area contributed by atoms with E-state index in [2.05, 4.69) is 18.4 Å². The average Bonchev–Trinajstić information content (AvgIpc) is 2.22. The summed E-state index contributed by atoms with van der Waals surface area (Å²) in [6, 6.07) is 0. The second-order valence-corrected chi connectivity index (χ2v) is 6.52. The topological polar surface area (TPSA) is 32.8 Å². The number of carbonyl (C=O) groups is 1. The van der Waals surface area contributed by atoms with Gasteiger partial charge in [-0.15, -0.1) is 11.8 Å². The highest BCUT2D eigenvalue weighted by Gasteiger charge is 2.43. The van der Waals surface area contributed by atoms with Gasteiger partial charge >= 0.3 is 6.09 Å². The molecule has 104 valence electrons. The quantitative estimate of drug-likeness (QED) is 0.790. The highest BCUT2D eigenvalue weighted by Crippen LogP contribution is 2.33. The fraction of sp³-hybridized carbons (Fsp3) is 0.769. The number of ether oxygens (including phenoxy) is 1. The van der Waals surface area contributed by atoms with Crippen LogP contribution in [0.2, 0.25) is 0 Å². The predicted octanol–water partition coefficient (Wildman–Crippen LogP) is 3.11. The van der Waals surface area contributed by atoms with Crippen molar-refractivity contribution in [2.45, 2.75) is 45.3 Å². The highest BCUT2D eigenvalue weighted by atomic mass is 32.2. The number of nitrogens with zero attached hydrogens (tertiary/aromatic N) is 2. The first-order valence-electron chi connectivity index (χ1n) is 6.14. The molecule has 4 nitrogen and oxygen atoms in total. The van der Waals surface area contributed by atoms with Gasteiger partial charge in [0.25, 0.3) is 0 Å². The monoisotopic (exact) mass is 272 g/mol. The van der Waals surface area contributed by atoms with E-state index in [1.54, 1.807) is 23.8 Å². The van der Waals surface area contributed by atoms with Crippen LogP contribution in [0.1, 0.15) is 34.1 Å². The molecule has 0 aromatic heterocycles. The van der Waals surface area contributed by atoms with Crippen molar-refractivity contribution < 1.29 is 9.53 Å². The van der Waals surface area contributed by atoms with Gasteiger partial charge in [0.1, 0.15) is 5.60 Å². The molecular formula is C13H24N2O2S. The van der Waals surface area contributed by atoms with Crippen LogP contribution in [0.4, 0.5) is 4.79 Å². The number of thioether (sulfide) groups is 1. The zero-order chi connectivity index (χ0) is 14.0. The van der Waals surface area contributed by atoms with E-state index in [1.165, 1.54) is 0 Å². The van der Waals surface area contributed by atoms with Crippen molar-refractivity contribution in [2.75, 3.05) is 19.8 Å². The fourth-order valence-corrected chi connectivity index (χ4v) is 2.30. The van der Waals surface area contributed by atoms with Crippen molar-refractivity contribution in [3.05, 3.63) is 11.5 Å². The minimum Gasteiger partial charge on any atom is -0.443 e. The maximum atomic E-state index is 12.0. The van der Waals surface area contributed by atoms with Crippen LogP contribution in [0.15, 0.2) is 11.5 Å². The third-order valence-corrected chi connectivity index (χ3v) is 3.41. The molecule has 1 amide bonds. The maximum Gasteiger partial charge on any atom is 0.424 e. The van der Waals surface area contributed by atoms with Gasteiger partial charge < -0.3 is 4.74 Å². The van der Waals surface area contributed by atoms with Crippen LogP contribution >= 0.6 is 11.8 Å². The maximum absolute atomic E-state index is 12.0. The molecule has 1 unspecified atom stereocenters. The normalized spacial score (nSPS) is 25.0. The van der Waals surface area contributed by atoms with Crippen LogP contribution in [-0.4, -0.2) is 47.1 Å². The SMILES string of the molecule is CS/C=C/C1(C)CCN1N(C)C(=O)OC(C)(C)C. The third kappa shape index (κ3) is 3.65. The molecule has 1 atom stereocenters. The molecule has 1 saturated heterocycles. The Morgan fingerprint density at radius 2 is 2.11 bits per heavy atom. The molecule has 5 heteroatoms. The van der Waals surface area contributed by atoms with E-state index >= 15 is 0 Å². The van der Waals surface area contributed by atoms with Gasteiger partial charge in [-0.05, 0) is 45.8 Å². The second kappa shape index (κ2) is 5.53. The Kier molecular flexibility index (Phi) is 4.72. The Morgan fingerprint density at radius 1 is 1.50 bits per heavy atom. The van der Waals surface area contributed by atoms with Gasteiger partial charge in [-0.2, -0.15) is 0 Å². The summed E-state index contributed by atoms with van der Waals surface area (Å²) in [6.07, 6.45) is 4.92. The van der Waals surface area contributed by atoms with Crippen LogP contribution in [0.3, 0.4) is 0 Å². The molecule has 1 heterocycles. The Hall–Kier alpha value is -0.680. The summed E-state index contributed by atoms with van der Waals surface area (Å²) >= 11 is 1.67. The van der Waals surface area contributed by atoms with E-state index in [4.69, 9.17) is 4.74 Å². The zero-order valence-electron chi connectivity index (χ0n) is 12.2. The number of amides is 1. The van der Waals surface area contributed by atoms with Crippen LogP contribution in [-0.2, 0) is 4.74 Å². The van der Waals surface area contributed by atoms with Crippen LogP contribution in [0.5, 0.6) is 0 Å². The van der Waals surface area contributed by atoms with E-state index in [-0.39, 0.29) is 11.6 Å². The van der Waals surface area contributed by atoms with Gasteiger partial charge in [0.15, 0.2) is 0 Å². The fourth-order valence-electron chi connectivity index (χ4n) is 1.87. The van der Waals surface area contributed by atoms with E-state index in [1.807, 2.05) is 32.0 Å². The summed E-state index contributed by atoms with van der Waals surface area (Å²) in [5, 5.41) is 5.68. The molecule has 0 aromatic carbocycles. The highest BCUT2D eigenvalue weighted by molar-refractivity contribution is 8.01. The predicted molar refractivity (Wildman–Crippen MR) is 76.4 cm³/mol. The van der Waals surface area contributed by atoms with E-state index in [0.29, 0.717) is 0 Å². The minimum absolute atomic E-state index is 0.0747. The van der Waals surface area contributed by atoms with Crippen molar-refractivity contribution >= 4 is 17.9 Å². The van der Waals surface area contributed by atoms with E-state index in [9.17, 15) is 4.79 Å². The molecule has 0 spiro atoms. The van der Waals surface area contributed by atoms with Crippen molar-refractivity contribution in [1.82, 2.24) is 10.0 Å². The second-order valence-electron chi connectivity index (χ2n) is 5.77. The number of hydrazine groups is 1. The summed E-state index contributed by atoms with van der Waals surface area (Å²) in [6.45, 7) is 8.64. The Balaban J connectivity index is 2.65. The zero-order valence-corrected chi connectivity index (χ0v) is 13.0. The molecular weight excluding hydrogens is 248 g/mol. The Labute approximate surface area is 114 Å². The third-order valence-electron chi connectivity index (χ3n) is 3.00. The summed E-state index contributed by atoms with van der Waals surface area (Å²) < 4.78 is 5.37. The lowest BCUT2D eigenvalue weighted by molar-refractivity contribution is -0.127. The first kappa shape index (κ1) is 15.4. The molecule has 0 aromatic rings. The van der Waals surface area contributed by atoms with Gasteiger partial charge in [0.2, 0.25) is 0 Å². The molecule has 18 heavy (non-hydrogen) atoms. The van der Waals surface area contributed by atoms with Gasteiger partial charge in [0.05, 0.1) is 5.54 Å². The first-order valence-corrected chi connectivity index (χ1v) is 7.43. The van der Waals surface area contributed by atoms with Crippen LogP contribution < -0.4 is 0 Å². The van der Waals surface area contributed by atoms with E-state index in [0.717, 1.165) is 13.0 Å². The lowest BCUT2D eigenvalue weighted by Crippen LogP contribution is -2.64. The Bertz CT molecular complexity index is 338. The van der Waals surface area contributed by atoms with Crippen molar-refractivity contribution in [3.8, 4) is 0 Å². The smallest absolute Gasteiger partial charge is 0.424 e. The molecule has 1 fully saturated rings. The lowest BCUT2D eigenvalue weighted by atomic mass is 9.89. The largest absolute Gasteiger partial charge is 0.443 e. The van der Waals surface area contributed by atoms with Crippen LogP contribution in [0, 0.1) is 0 Å². The van der Waals surface area contributed by atoms with Gasteiger partial charge in [-0.25, -0.2) is 14.8 Å². The summed E-state index contributed by atoms with van der Waals surface area (Å²) in [5.74, 6) is 0. The van der Waals surface area contributed by atoms with Gasteiger partial charge in [-0.1, -0.05) is 6.08 Å². The molecule has 0 saturated carbocycles. The standard InChI is InChI=1S/C13H24N2O2S/c1-12(2,3)17-11(16)14(5)15-9-7-13(15,4)8-10-18-6/h8,10H,7,9H2,1-6H3/b10-8+. The van der Waals surface area contributed by atoms with Gasteiger partial charge in [-0.3, -0.25) is 0 Å². The molecule has 1 rings (SSSR count). The molecule has 0 N–H and O–H groups in total. The number of hydrogen-bond donors (Lipinski definition) is 0. The summed E-state index contributed by atoms with van der Waals surface area (Å²) in [5.41, 5.74) is -0.531. The first-order chi connectivity index (χ1) is 8.19.